The van der Waals surface area contributed by atoms with E-state index in [0.717, 1.165) is 22.7 Å². The van der Waals surface area contributed by atoms with Crippen molar-refractivity contribution >= 4 is 34.6 Å². The maximum absolute atomic E-state index is 5.95. The van der Waals surface area contributed by atoms with Gasteiger partial charge in [0.2, 0.25) is 6.79 Å². The molecule has 6 heteroatoms. The van der Waals surface area contributed by atoms with Crippen molar-refractivity contribution in [2.24, 2.45) is 0 Å². The number of halogens is 1. The number of thiocarbonyl (C=S) groups is 1. The zero-order valence-electron chi connectivity index (χ0n) is 11.9. The van der Waals surface area contributed by atoms with Crippen LogP contribution in [0.5, 0.6) is 11.5 Å². The lowest BCUT2D eigenvalue weighted by Crippen LogP contribution is -2.30. The molecule has 1 atom stereocenters. The van der Waals surface area contributed by atoms with Gasteiger partial charge in [-0.3, -0.25) is 0 Å². The summed E-state index contributed by atoms with van der Waals surface area (Å²) in [5.74, 6) is 1.54. The van der Waals surface area contributed by atoms with Gasteiger partial charge in [-0.1, -0.05) is 23.7 Å². The quantitative estimate of drug-likeness (QED) is 0.827. The molecule has 2 N–H and O–H groups in total. The number of anilines is 1. The Kier molecular flexibility index (Phi) is 4.36. The Morgan fingerprint density at radius 1 is 1.18 bits per heavy atom. The molecule has 1 aliphatic rings. The van der Waals surface area contributed by atoms with Crippen molar-refractivity contribution in [3.63, 3.8) is 0 Å². The topological polar surface area (TPSA) is 42.5 Å². The van der Waals surface area contributed by atoms with Crippen molar-refractivity contribution in [2.45, 2.75) is 13.0 Å². The molecular formula is C16H15ClN2O2S. The van der Waals surface area contributed by atoms with Gasteiger partial charge >= 0.3 is 0 Å². The van der Waals surface area contributed by atoms with E-state index in [0.29, 0.717) is 10.1 Å². The summed E-state index contributed by atoms with van der Waals surface area (Å²) in [5.41, 5.74) is 1.92. The van der Waals surface area contributed by atoms with Crippen LogP contribution < -0.4 is 20.1 Å². The zero-order chi connectivity index (χ0) is 15.5. The molecule has 0 amide bonds. The molecule has 0 unspecified atom stereocenters. The van der Waals surface area contributed by atoms with Crippen molar-refractivity contribution in [3.05, 3.63) is 53.1 Å². The average molecular weight is 335 g/mol. The highest BCUT2D eigenvalue weighted by Crippen LogP contribution is 2.34. The van der Waals surface area contributed by atoms with Gasteiger partial charge in [0.25, 0.3) is 0 Å². The molecule has 0 aromatic heterocycles. The summed E-state index contributed by atoms with van der Waals surface area (Å²) in [7, 11) is 0. The summed E-state index contributed by atoms with van der Waals surface area (Å²) in [6.07, 6.45) is 0. The van der Waals surface area contributed by atoms with Crippen LogP contribution in [0.4, 0.5) is 5.69 Å². The molecule has 2 aromatic rings. The molecule has 3 rings (SSSR count). The van der Waals surface area contributed by atoms with Crippen molar-refractivity contribution < 1.29 is 9.47 Å². The Hall–Kier alpha value is -1.98. The van der Waals surface area contributed by atoms with Gasteiger partial charge in [0, 0.05) is 10.7 Å². The highest BCUT2D eigenvalue weighted by atomic mass is 35.5. The SMILES string of the molecule is C[C@H](NC(=S)Nc1cccc(Cl)c1)c1ccc2c(c1)OCO2. The monoisotopic (exact) mass is 334 g/mol. The van der Waals surface area contributed by atoms with Gasteiger partial charge in [0.15, 0.2) is 16.6 Å². The van der Waals surface area contributed by atoms with Crippen molar-refractivity contribution in [3.8, 4) is 11.5 Å². The van der Waals surface area contributed by atoms with Crippen LogP contribution in [-0.2, 0) is 0 Å². The lowest BCUT2D eigenvalue weighted by molar-refractivity contribution is 0.174. The molecule has 114 valence electrons. The van der Waals surface area contributed by atoms with Crippen LogP contribution in [0.3, 0.4) is 0 Å². The second-order valence-corrected chi connectivity index (χ2v) is 5.79. The molecule has 2 aromatic carbocycles. The maximum atomic E-state index is 5.95. The van der Waals surface area contributed by atoms with Crippen LogP contribution in [0.15, 0.2) is 42.5 Å². The number of benzene rings is 2. The molecule has 22 heavy (non-hydrogen) atoms. The number of hydrogen-bond acceptors (Lipinski definition) is 3. The molecule has 0 bridgehead atoms. The lowest BCUT2D eigenvalue weighted by atomic mass is 10.1. The van der Waals surface area contributed by atoms with Crippen LogP contribution in [0.25, 0.3) is 0 Å². The molecule has 0 saturated carbocycles. The molecule has 0 spiro atoms. The van der Waals surface area contributed by atoms with Gasteiger partial charge in [-0.15, -0.1) is 0 Å². The first-order valence-corrected chi connectivity index (χ1v) is 7.63. The minimum Gasteiger partial charge on any atom is -0.454 e. The van der Waals surface area contributed by atoms with E-state index in [1.165, 1.54) is 0 Å². The number of hydrogen-bond donors (Lipinski definition) is 2. The fourth-order valence-corrected chi connectivity index (χ4v) is 2.68. The van der Waals surface area contributed by atoms with Crippen LogP contribution in [0.1, 0.15) is 18.5 Å². The molecule has 1 heterocycles. The summed E-state index contributed by atoms with van der Waals surface area (Å²) < 4.78 is 10.7. The van der Waals surface area contributed by atoms with E-state index in [4.69, 9.17) is 33.3 Å². The number of nitrogens with one attached hydrogen (secondary N) is 2. The molecule has 1 aliphatic heterocycles. The predicted octanol–water partition coefficient (Wildman–Crippen LogP) is 4.12. The lowest BCUT2D eigenvalue weighted by Gasteiger charge is -2.17. The number of rotatable bonds is 3. The normalized spacial score (nSPS) is 13.5. The first kappa shape index (κ1) is 14.9. The number of ether oxygens (including phenoxy) is 2. The third-order valence-corrected chi connectivity index (χ3v) is 3.78. The van der Waals surface area contributed by atoms with Crippen LogP contribution in [0, 0.1) is 0 Å². The van der Waals surface area contributed by atoms with E-state index in [2.05, 4.69) is 10.6 Å². The van der Waals surface area contributed by atoms with Crippen LogP contribution >= 0.6 is 23.8 Å². The van der Waals surface area contributed by atoms with Gasteiger partial charge in [-0.25, -0.2) is 0 Å². The van der Waals surface area contributed by atoms with Gasteiger partial charge in [0.1, 0.15) is 0 Å². The Balaban J connectivity index is 1.63. The highest BCUT2D eigenvalue weighted by Gasteiger charge is 2.16. The Bertz CT molecular complexity index is 708. The summed E-state index contributed by atoms with van der Waals surface area (Å²) >= 11 is 11.3. The van der Waals surface area contributed by atoms with E-state index in [1.54, 1.807) is 0 Å². The predicted molar refractivity (Wildman–Crippen MR) is 91.8 cm³/mol. The minimum absolute atomic E-state index is 0.0358. The summed E-state index contributed by atoms with van der Waals surface area (Å²) in [6, 6.07) is 13.3. The van der Waals surface area contributed by atoms with Crippen molar-refractivity contribution in [1.29, 1.82) is 0 Å². The van der Waals surface area contributed by atoms with Gasteiger partial charge < -0.3 is 20.1 Å². The standard InChI is InChI=1S/C16H15ClN2O2S/c1-10(11-5-6-14-15(7-11)21-9-20-14)18-16(22)19-13-4-2-3-12(17)8-13/h2-8,10H,9H2,1H3,(H2,18,19,22)/t10-/m0/s1. The largest absolute Gasteiger partial charge is 0.454 e. The molecular weight excluding hydrogens is 320 g/mol. The highest BCUT2D eigenvalue weighted by molar-refractivity contribution is 7.80. The van der Waals surface area contributed by atoms with E-state index in [-0.39, 0.29) is 12.8 Å². The average Bonchev–Trinajstić information content (AvgIpc) is 2.94. The summed E-state index contributed by atoms with van der Waals surface area (Å²) in [5, 5.41) is 7.55. The Morgan fingerprint density at radius 3 is 2.82 bits per heavy atom. The second-order valence-electron chi connectivity index (χ2n) is 4.94. The Labute approximate surface area is 139 Å². The number of fused-ring (bicyclic) bond motifs is 1. The second kappa shape index (κ2) is 6.42. The van der Waals surface area contributed by atoms with Crippen molar-refractivity contribution in [2.75, 3.05) is 12.1 Å². The van der Waals surface area contributed by atoms with Gasteiger partial charge in [-0.2, -0.15) is 0 Å². The Morgan fingerprint density at radius 2 is 2.00 bits per heavy atom. The third-order valence-electron chi connectivity index (χ3n) is 3.33. The van der Waals surface area contributed by atoms with E-state index < -0.39 is 0 Å². The first-order chi connectivity index (χ1) is 10.6. The first-order valence-electron chi connectivity index (χ1n) is 6.84. The molecule has 0 radical (unpaired) electrons. The van der Waals surface area contributed by atoms with Gasteiger partial charge in [0.05, 0.1) is 6.04 Å². The summed E-state index contributed by atoms with van der Waals surface area (Å²) in [4.78, 5) is 0. The molecule has 0 fully saturated rings. The molecule has 0 saturated heterocycles. The van der Waals surface area contributed by atoms with Crippen LogP contribution in [0.2, 0.25) is 5.02 Å². The third kappa shape index (κ3) is 3.43. The fourth-order valence-electron chi connectivity index (χ4n) is 2.20. The van der Waals surface area contributed by atoms with E-state index in [1.807, 2.05) is 49.4 Å². The summed E-state index contributed by atoms with van der Waals surface area (Å²) in [6.45, 7) is 2.30. The zero-order valence-corrected chi connectivity index (χ0v) is 13.5. The molecule has 0 aliphatic carbocycles. The maximum Gasteiger partial charge on any atom is 0.231 e. The van der Waals surface area contributed by atoms with E-state index in [9.17, 15) is 0 Å². The smallest absolute Gasteiger partial charge is 0.231 e. The molecule has 4 nitrogen and oxygen atoms in total. The van der Waals surface area contributed by atoms with Gasteiger partial charge in [-0.05, 0) is 55.0 Å². The van der Waals surface area contributed by atoms with E-state index >= 15 is 0 Å². The van der Waals surface area contributed by atoms with Crippen LogP contribution in [-0.4, -0.2) is 11.9 Å². The van der Waals surface area contributed by atoms with Crippen molar-refractivity contribution in [1.82, 2.24) is 5.32 Å². The fraction of sp³-hybridized carbons (Fsp3) is 0.188. The minimum atomic E-state index is 0.0358.